The smallest absolute Gasteiger partial charge is 0.257 e. The molecule has 1 aromatic carbocycles. The molecule has 7 nitrogen and oxygen atoms in total. The largest absolute Gasteiger partial charge is 0.352 e. The topological polar surface area (TPSA) is 67.2 Å². The second-order valence-corrected chi connectivity index (χ2v) is 8.95. The summed E-state index contributed by atoms with van der Waals surface area (Å²) in [5, 5.41) is 4.13. The Morgan fingerprint density at radius 3 is 2.59 bits per heavy atom. The standard InChI is InChI=1S/C25H30N6O/c1-18-22-9-6-12-31(16-19-7-4-3-5-8-19)24(22)28-23(27-18)20-10-13-30(14-11-20)25(32)21-15-26-29(2)17-21/h3-5,7-8,15,17,20H,6,9-14,16H2,1-2H3. The lowest BCUT2D eigenvalue weighted by atomic mass is 9.94. The van der Waals surface area contributed by atoms with E-state index in [1.807, 2.05) is 11.9 Å². The van der Waals surface area contributed by atoms with Crippen molar-refractivity contribution in [3.63, 3.8) is 0 Å². The van der Waals surface area contributed by atoms with Crippen LogP contribution in [0, 0.1) is 6.92 Å². The van der Waals surface area contributed by atoms with Crippen molar-refractivity contribution in [1.29, 1.82) is 0 Å². The monoisotopic (exact) mass is 430 g/mol. The molecule has 32 heavy (non-hydrogen) atoms. The number of hydrogen-bond acceptors (Lipinski definition) is 5. The molecule has 2 aliphatic heterocycles. The zero-order valence-corrected chi connectivity index (χ0v) is 18.9. The highest BCUT2D eigenvalue weighted by molar-refractivity contribution is 5.93. The van der Waals surface area contributed by atoms with Crippen LogP contribution in [0.3, 0.4) is 0 Å². The average Bonchev–Trinajstić information content (AvgIpc) is 3.26. The van der Waals surface area contributed by atoms with E-state index >= 15 is 0 Å². The molecule has 0 unspecified atom stereocenters. The van der Waals surface area contributed by atoms with Crippen molar-refractivity contribution in [2.24, 2.45) is 7.05 Å². The summed E-state index contributed by atoms with van der Waals surface area (Å²) in [6.45, 7) is 5.48. The minimum atomic E-state index is 0.0631. The number of amides is 1. The number of fused-ring (bicyclic) bond motifs is 1. The summed E-state index contributed by atoms with van der Waals surface area (Å²) in [6, 6.07) is 10.6. The fourth-order valence-corrected chi connectivity index (χ4v) is 4.90. The number of carbonyl (C=O) groups excluding carboxylic acids is 1. The molecule has 2 aromatic heterocycles. The first-order valence-electron chi connectivity index (χ1n) is 11.5. The molecule has 0 saturated carbocycles. The maximum absolute atomic E-state index is 12.8. The quantitative estimate of drug-likeness (QED) is 0.634. The van der Waals surface area contributed by atoms with E-state index in [-0.39, 0.29) is 11.8 Å². The van der Waals surface area contributed by atoms with E-state index in [1.165, 1.54) is 11.1 Å². The highest BCUT2D eigenvalue weighted by Gasteiger charge is 2.29. The first-order valence-corrected chi connectivity index (χ1v) is 11.5. The van der Waals surface area contributed by atoms with Gasteiger partial charge in [0.2, 0.25) is 0 Å². The van der Waals surface area contributed by atoms with Gasteiger partial charge in [0, 0.05) is 56.6 Å². The second-order valence-electron chi connectivity index (χ2n) is 8.95. The zero-order valence-electron chi connectivity index (χ0n) is 18.9. The fourth-order valence-electron chi connectivity index (χ4n) is 4.90. The van der Waals surface area contributed by atoms with Gasteiger partial charge in [0.25, 0.3) is 5.91 Å². The number of likely N-dealkylation sites (tertiary alicyclic amines) is 1. The van der Waals surface area contributed by atoms with Gasteiger partial charge in [-0.15, -0.1) is 0 Å². The van der Waals surface area contributed by atoms with E-state index in [0.717, 1.165) is 69.2 Å². The van der Waals surface area contributed by atoms with Gasteiger partial charge >= 0.3 is 0 Å². The highest BCUT2D eigenvalue weighted by Crippen LogP contribution is 2.33. The Morgan fingerprint density at radius 2 is 1.88 bits per heavy atom. The minimum absolute atomic E-state index is 0.0631. The van der Waals surface area contributed by atoms with Crippen molar-refractivity contribution < 1.29 is 4.79 Å². The van der Waals surface area contributed by atoms with Crippen LogP contribution in [0.25, 0.3) is 0 Å². The molecule has 0 radical (unpaired) electrons. The molecule has 0 aliphatic carbocycles. The Labute approximate surface area is 189 Å². The van der Waals surface area contributed by atoms with Crippen LogP contribution < -0.4 is 4.90 Å². The third-order valence-electron chi connectivity index (χ3n) is 6.68. The summed E-state index contributed by atoms with van der Waals surface area (Å²) in [4.78, 5) is 27.1. The molecular weight excluding hydrogens is 400 g/mol. The molecule has 0 N–H and O–H groups in total. The first-order chi connectivity index (χ1) is 15.6. The molecule has 1 saturated heterocycles. The van der Waals surface area contributed by atoms with Crippen molar-refractivity contribution in [2.45, 2.75) is 45.1 Å². The molecule has 0 spiro atoms. The van der Waals surface area contributed by atoms with Gasteiger partial charge in [-0.25, -0.2) is 9.97 Å². The Balaban J connectivity index is 1.32. The summed E-state index contributed by atoms with van der Waals surface area (Å²) in [5.74, 6) is 2.40. The number of aromatic nitrogens is 4. The minimum Gasteiger partial charge on any atom is -0.352 e. The van der Waals surface area contributed by atoms with Crippen LogP contribution in [-0.4, -0.2) is 50.2 Å². The fraction of sp³-hybridized carbons (Fsp3) is 0.440. The van der Waals surface area contributed by atoms with Crippen LogP contribution in [0.1, 0.15) is 58.2 Å². The summed E-state index contributed by atoms with van der Waals surface area (Å²) < 4.78 is 1.67. The van der Waals surface area contributed by atoms with Crippen LogP contribution >= 0.6 is 0 Å². The normalized spacial score (nSPS) is 16.8. The molecular formula is C25H30N6O. The summed E-state index contributed by atoms with van der Waals surface area (Å²) >= 11 is 0. The second kappa shape index (κ2) is 8.73. The first kappa shape index (κ1) is 20.7. The lowest BCUT2D eigenvalue weighted by molar-refractivity contribution is 0.0711. The van der Waals surface area contributed by atoms with E-state index in [2.05, 4.69) is 47.3 Å². The Morgan fingerprint density at radius 1 is 1.09 bits per heavy atom. The molecule has 0 atom stereocenters. The van der Waals surface area contributed by atoms with E-state index in [4.69, 9.17) is 9.97 Å². The number of piperidine rings is 1. The molecule has 5 rings (SSSR count). The van der Waals surface area contributed by atoms with E-state index < -0.39 is 0 Å². The van der Waals surface area contributed by atoms with Crippen LogP contribution in [0.15, 0.2) is 42.7 Å². The number of anilines is 1. The molecule has 3 aromatic rings. The van der Waals surface area contributed by atoms with Crippen LogP contribution in [0.4, 0.5) is 5.82 Å². The van der Waals surface area contributed by atoms with Gasteiger partial charge in [-0.05, 0) is 38.2 Å². The molecule has 0 bridgehead atoms. The third kappa shape index (κ3) is 4.11. The Hall–Kier alpha value is -3.22. The lowest BCUT2D eigenvalue weighted by Gasteiger charge is -2.34. The molecule has 4 heterocycles. The number of carbonyl (C=O) groups is 1. The SMILES string of the molecule is Cc1nc(C2CCN(C(=O)c3cnn(C)c3)CC2)nc2c1CCCN2Cc1ccccc1. The van der Waals surface area contributed by atoms with E-state index in [1.54, 1.807) is 17.1 Å². The van der Waals surface area contributed by atoms with E-state index in [9.17, 15) is 4.79 Å². The predicted molar refractivity (Wildman–Crippen MR) is 124 cm³/mol. The number of rotatable bonds is 4. The third-order valence-corrected chi connectivity index (χ3v) is 6.68. The van der Waals surface area contributed by atoms with Gasteiger partial charge in [-0.1, -0.05) is 30.3 Å². The van der Waals surface area contributed by atoms with Gasteiger partial charge < -0.3 is 9.80 Å². The molecule has 1 amide bonds. The molecule has 1 fully saturated rings. The zero-order chi connectivity index (χ0) is 22.1. The summed E-state index contributed by atoms with van der Waals surface area (Å²) in [5.41, 5.74) is 4.36. The number of aryl methyl sites for hydroxylation is 2. The van der Waals surface area contributed by atoms with Gasteiger partial charge in [0.15, 0.2) is 0 Å². The number of benzene rings is 1. The van der Waals surface area contributed by atoms with Crippen LogP contribution in [0.5, 0.6) is 0 Å². The van der Waals surface area contributed by atoms with Crippen LogP contribution in [0.2, 0.25) is 0 Å². The molecule has 166 valence electrons. The molecule has 2 aliphatic rings. The van der Waals surface area contributed by atoms with E-state index in [0.29, 0.717) is 5.56 Å². The summed E-state index contributed by atoms with van der Waals surface area (Å²) in [7, 11) is 1.83. The van der Waals surface area contributed by atoms with Gasteiger partial charge in [0.1, 0.15) is 11.6 Å². The average molecular weight is 431 g/mol. The lowest BCUT2D eigenvalue weighted by Crippen LogP contribution is -2.38. The van der Waals surface area contributed by atoms with Gasteiger partial charge in [-0.3, -0.25) is 9.48 Å². The number of nitrogens with zero attached hydrogens (tertiary/aromatic N) is 6. The van der Waals surface area contributed by atoms with Crippen molar-refractivity contribution >= 4 is 11.7 Å². The van der Waals surface area contributed by atoms with Crippen molar-refractivity contribution in [1.82, 2.24) is 24.6 Å². The Kier molecular flexibility index (Phi) is 5.64. The van der Waals surface area contributed by atoms with Crippen molar-refractivity contribution in [3.05, 3.63) is 70.9 Å². The summed E-state index contributed by atoms with van der Waals surface area (Å²) in [6.07, 6.45) is 7.40. The predicted octanol–water partition coefficient (Wildman–Crippen LogP) is 3.49. The number of hydrogen-bond donors (Lipinski definition) is 0. The maximum atomic E-state index is 12.8. The highest BCUT2D eigenvalue weighted by atomic mass is 16.2. The molecule has 7 heteroatoms. The van der Waals surface area contributed by atoms with Gasteiger partial charge in [-0.2, -0.15) is 5.10 Å². The van der Waals surface area contributed by atoms with Crippen LogP contribution in [-0.2, 0) is 20.0 Å². The van der Waals surface area contributed by atoms with Gasteiger partial charge in [0.05, 0.1) is 11.8 Å². The maximum Gasteiger partial charge on any atom is 0.257 e. The van der Waals surface area contributed by atoms with Crippen molar-refractivity contribution in [3.8, 4) is 0 Å². The Bertz CT molecular complexity index is 1100. The van der Waals surface area contributed by atoms with Crippen molar-refractivity contribution in [2.75, 3.05) is 24.5 Å².